The molecule has 1 aliphatic rings. The number of amides is 1. The standard InChI is InChI=1S/C24H31NO3/c1-2-16-27-23-10-6-9-20(18-23)24(26)25-21-11-13-22(14-12-21)28-17-15-19-7-4-3-5-8-19/h6,9-14,18-19H,2-5,7-8,15-17H2,1H3,(H,25,26). The Morgan fingerprint density at radius 3 is 2.46 bits per heavy atom. The second-order valence-corrected chi connectivity index (χ2v) is 7.50. The third-order valence-electron chi connectivity index (χ3n) is 5.20. The van der Waals surface area contributed by atoms with Gasteiger partial charge in [0.1, 0.15) is 11.5 Å². The molecule has 0 aliphatic heterocycles. The highest BCUT2D eigenvalue weighted by molar-refractivity contribution is 6.04. The zero-order chi connectivity index (χ0) is 19.6. The normalized spacial score (nSPS) is 14.5. The van der Waals surface area contributed by atoms with E-state index in [-0.39, 0.29) is 5.91 Å². The van der Waals surface area contributed by atoms with Gasteiger partial charge in [0.2, 0.25) is 0 Å². The van der Waals surface area contributed by atoms with Crippen molar-refractivity contribution in [2.45, 2.75) is 51.9 Å². The van der Waals surface area contributed by atoms with Gasteiger partial charge in [0.05, 0.1) is 13.2 Å². The maximum atomic E-state index is 12.5. The predicted molar refractivity (Wildman–Crippen MR) is 113 cm³/mol. The number of carbonyl (C=O) groups excluding carboxylic acids is 1. The van der Waals surface area contributed by atoms with E-state index >= 15 is 0 Å². The first-order valence-corrected chi connectivity index (χ1v) is 10.5. The molecule has 0 unspecified atom stereocenters. The molecular weight excluding hydrogens is 350 g/mol. The van der Waals surface area contributed by atoms with E-state index in [0.717, 1.165) is 42.6 Å². The number of nitrogens with one attached hydrogen (secondary N) is 1. The topological polar surface area (TPSA) is 47.6 Å². The minimum absolute atomic E-state index is 0.145. The molecular formula is C24H31NO3. The van der Waals surface area contributed by atoms with E-state index in [2.05, 4.69) is 12.2 Å². The second-order valence-electron chi connectivity index (χ2n) is 7.50. The second kappa shape index (κ2) is 10.7. The minimum atomic E-state index is -0.145. The van der Waals surface area contributed by atoms with Gasteiger partial charge in [0, 0.05) is 11.3 Å². The molecule has 4 heteroatoms. The van der Waals surface area contributed by atoms with Crippen molar-refractivity contribution in [3.8, 4) is 11.5 Å². The quantitative estimate of drug-likeness (QED) is 0.573. The molecule has 2 aromatic rings. The van der Waals surface area contributed by atoms with Gasteiger partial charge in [-0.05, 0) is 61.2 Å². The van der Waals surface area contributed by atoms with Crippen LogP contribution in [0, 0.1) is 5.92 Å². The van der Waals surface area contributed by atoms with Gasteiger partial charge >= 0.3 is 0 Å². The summed E-state index contributed by atoms with van der Waals surface area (Å²) in [4.78, 5) is 12.5. The summed E-state index contributed by atoms with van der Waals surface area (Å²) in [5, 5.41) is 2.93. The average Bonchev–Trinajstić information content (AvgIpc) is 2.74. The van der Waals surface area contributed by atoms with Crippen LogP contribution in [0.3, 0.4) is 0 Å². The number of rotatable bonds is 9. The zero-order valence-electron chi connectivity index (χ0n) is 16.8. The molecule has 0 aromatic heterocycles. The van der Waals surface area contributed by atoms with E-state index in [4.69, 9.17) is 9.47 Å². The fraction of sp³-hybridized carbons (Fsp3) is 0.458. The van der Waals surface area contributed by atoms with Crippen molar-refractivity contribution in [1.82, 2.24) is 0 Å². The number of hydrogen-bond acceptors (Lipinski definition) is 3. The summed E-state index contributed by atoms with van der Waals surface area (Å²) in [6, 6.07) is 14.9. The molecule has 0 spiro atoms. The number of benzene rings is 2. The predicted octanol–water partition coefficient (Wildman–Crippen LogP) is 6.08. The lowest BCUT2D eigenvalue weighted by atomic mass is 9.87. The van der Waals surface area contributed by atoms with Crippen molar-refractivity contribution in [2.75, 3.05) is 18.5 Å². The first-order valence-electron chi connectivity index (χ1n) is 10.5. The van der Waals surface area contributed by atoms with Crippen LogP contribution in [-0.4, -0.2) is 19.1 Å². The Kier molecular flexibility index (Phi) is 7.77. The summed E-state index contributed by atoms with van der Waals surface area (Å²) in [5.41, 5.74) is 1.34. The van der Waals surface area contributed by atoms with E-state index in [1.54, 1.807) is 12.1 Å². The molecule has 1 N–H and O–H groups in total. The summed E-state index contributed by atoms with van der Waals surface area (Å²) in [5.74, 6) is 2.25. The number of ether oxygens (including phenoxy) is 2. The lowest BCUT2D eigenvalue weighted by molar-refractivity contribution is 0.102. The molecule has 1 fully saturated rings. The smallest absolute Gasteiger partial charge is 0.255 e. The van der Waals surface area contributed by atoms with Crippen molar-refractivity contribution in [2.24, 2.45) is 5.92 Å². The summed E-state index contributed by atoms with van der Waals surface area (Å²) in [6.07, 6.45) is 8.89. The van der Waals surface area contributed by atoms with Crippen LogP contribution in [0.25, 0.3) is 0 Å². The Morgan fingerprint density at radius 2 is 1.71 bits per heavy atom. The maximum Gasteiger partial charge on any atom is 0.255 e. The van der Waals surface area contributed by atoms with E-state index < -0.39 is 0 Å². The highest BCUT2D eigenvalue weighted by Crippen LogP contribution is 2.26. The molecule has 28 heavy (non-hydrogen) atoms. The van der Waals surface area contributed by atoms with Gasteiger partial charge in [-0.25, -0.2) is 0 Å². The third-order valence-corrected chi connectivity index (χ3v) is 5.20. The summed E-state index contributed by atoms with van der Waals surface area (Å²) >= 11 is 0. The summed E-state index contributed by atoms with van der Waals surface area (Å²) in [7, 11) is 0. The highest BCUT2D eigenvalue weighted by atomic mass is 16.5. The van der Waals surface area contributed by atoms with Crippen LogP contribution in [0.4, 0.5) is 5.69 Å². The van der Waals surface area contributed by atoms with Crippen molar-refractivity contribution >= 4 is 11.6 Å². The van der Waals surface area contributed by atoms with Crippen LogP contribution in [-0.2, 0) is 0 Å². The lowest BCUT2D eigenvalue weighted by Gasteiger charge is -2.21. The van der Waals surface area contributed by atoms with Crippen molar-refractivity contribution in [3.63, 3.8) is 0 Å². The van der Waals surface area contributed by atoms with E-state index in [0.29, 0.717) is 12.2 Å². The molecule has 1 aliphatic carbocycles. The Hall–Kier alpha value is -2.49. The Labute approximate surface area is 168 Å². The number of anilines is 1. The van der Waals surface area contributed by atoms with Crippen molar-refractivity contribution in [1.29, 1.82) is 0 Å². The number of hydrogen-bond donors (Lipinski definition) is 1. The molecule has 0 heterocycles. The van der Waals surface area contributed by atoms with Crippen LogP contribution in [0.5, 0.6) is 11.5 Å². The molecule has 0 saturated heterocycles. The van der Waals surface area contributed by atoms with Gasteiger partial charge in [0.25, 0.3) is 5.91 Å². The first-order chi connectivity index (χ1) is 13.7. The van der Waals surface area contributed by atoms with Crippen molar-refractivity contribution < 1.29 is 14.3 Å². The van der Waals surface area contributed by atoms with Crippen LogP contribution in [0.15, 0.2) is 48.5 Å². The third kappa shape index (κ3) is 6.29. The van der Waals surface area contributed by atoms with Gasteiger partial charge < -0.3 is 14.8 Å². The van der Waals surface area contributed by atoms with Gasteiger partial charge in [-0.1, -0.05) is 45.1 Å². The molecule has 0 radical (unpaired) electrons. The average molecular weight is 382 g/mol. The molecule has 4 nitrogen and oxygen atoms in total. The van der Waals surface area contributed by atoms with Gasteiger partial charge in [0.15, 0.2) is 0 Å². The Bertz CT molecular complexity index is 736. The molecule has 150 valence electrons. The molecule has 1 amide bonds. The largest absolute Gasteiger partial charge is 0.494 e. The minimum Gasteiger partial charge on any atom is -0.494 e. The van der Waals surface area contributed by atoms with E-state index in [1.807, 2.05) is 36.4 Å². The van der Waals surface area contributed by atoms with E-state index in [9.17, 15) is 4.79 Å². The molecule has 1 saturated carbocycles. The molecule has 0 atom stereocenters. The molecule has 3 rings (SSSR count). The van der Waals surface area contributed by atoms with Crippen LogP contribution < -0.4 is 14.8 Å². The maximum absolute atomic E-state index is 12.5. The summed E-state index contributed by atoms with van der Waals surface area (Å²) in [6.45, 7) is 3.47. The highest BCUT2D eigenvalue weighted by Gasteiger charge is 2.13. The first kappa shape index (κ1) is 20.2. The van der Waals surface area contributed by atoms with Crippen LogP contribution >= 0.6 is 0 Å². The Balaban J connectivity index is 1.47. The fourth-order valence-corrected chi connectivity index (χ4v) is 3.60. The van der Waals surface area contributed by atoms with Crippen LogP contribution in [0.1, 0.15) is 62.2 Å². The van der Waals surface area contributed by atoms with Gasteiger partial charge in [-0.3, -0.25) is 4.79 Å². The van der Waals surface area contributed by atoms with Gasteiger partial charge in [-0.2, -0.15) is 0 Å². The lowest BCUT2D eigenvalue weighted by Crippen LogP contribution is -2.12. The van der Waals surface area contributed by atoms with E-state index in [1.165, 1.54) is 32.1 Å². The summed E-state index contributed by atoms with van der Waals surface area (Å²) < 4.78 is 11.5. The number of carbonyl (C=O) groups is 1. The SMILES string of the molecule is CCCOc1cccc(C(=O)Nc2ccc(OCCC3CCCCC3)cc2)c1. The van der Waals surface area contributed by atoms with Gasteiger partial charge in [-0.15, -0.1) is 0 Å². The molecule has 0 bridgehead atoms. The monoisotopic (exact) mass is 381 g/mol. The van der Waals surface area contributed by atoms with Crippen LogP contribution in [0.2, 0.25) is 0 Å². The molecule has 2 aromatic carbocycles. The zero-order valence-corrected chi connectivity index (χ0v) is 16.8. The fourth-order valence-electron chi connectivity index (χ4n) is 3.60. The Morgan fingerprint density at radius 1 is 0.964 bits per heavy atom. The van der Waals surface area contributed by atoms with Crippen molar-refractivity contribution in [3.05, 3.63) is 54.1 Å².